The van der Waals surface area contributed by atoms with Crippen molar-refractivity contribution in [2.45, 2.75) is 13.0 Å². The summed E-state index contributed by atoms with van der Waals surface area (Å²) in [5.74, 6) is 0. The Morgan fingerprint density at radius 1 is 1.44 bits per heavy atom. The van der Waals surface area contributed by atoms with Crippen LogP contribution in [0.15, 0.2) is 18.2 Å². The van der Waals surface area contributed by atoms with E-state index < -0.39 is 0 Å². The summed E-state index contributed by atoms with van der Waals surface area (Å²) in [4.78, 5) is 2.16. The number of methoxy groups -OCH3 is 1. The normalized spacial score (nSPS) is 10.5. The fourth-order valence-electron chi connectivity index (χ4n) is 1.63. The molecule has 0 unspecified atom stereocenters. The number of benzene rings is 1. The number of rotatable bonds is 6. The lowest BCUT2D eigenvalue weighted by Crippen LogP contribution is -2.21. The molecule has 0 atom stereocenters. The highest BCUT2D eigenvalue weighted by Gasteiger charge is 2.06. The number of anilines is 1. The molecule has 1 rings (SSSR count). The van der Waals surface area contributed by atoms with E-state index in [1.807, 2.05) is 25.2 Å². The zero-order chi connectivity index (χ0) is 12.0. The maximum Gasteiger partial charge on any atom is 0.0479 e. The van der Waals surface area contributed by atoms with Crippen molar-refractivity contribution in [1.29, 1.82) is 0 Å². The van der Waals surface area contributed by atoms with Gasteiger partial charge in [0.05, 0.1) is 0 Å². The van der Waals surface area contributed by atoms with Gasteiger partial charge in [-0.15, -0.1) is 0 Å². The molecule has 0 amide bonds. The smallest absolute Gasteiger partial charge is 0.0479 e. The average molecular weight is 243 g/mol. The minimum atomic E-state index is 0.529. The lowest BCUT2D eigenvalue weighted by molar-refractivity contribution is 0.196. The van der Waals surface area contributed by atoms with Gasteiger partial charge in [0.25, 0.3) is 0 Å². The predicted molar refractivity (Wildman–Crippen MR) is 69.1 cm³/mol. The first-order valence-corrected chi connectivity index (χ1v) is 5.75. The molecule has 0 aliphatic heterocycles. The van der Waals surface area contributed by atoms with Gasteiger partial charge >= 0.3 is 0 Å². The van der Waals surface area contributed by atoms with E-state index >= 15 is 0 Å². The largest absolute Gasteiger partial charge is 0.385 e. The van der Waals surface area contributed by atoms with Crippen molar-refractivity contribution < 1.29 is 4.74 Å². The molecule has 0 aliphatic carbocycles. The van der Waals surface area contributed by atoms with E-state index in [2.05, 4.69) is 4.90 Å². The van der Waals surface area contributed by atoms with E-state index in [-0.39, 0.29) is 0 Å². The number of ether oxygens (including phenoxy) is 1. The van der Waals surface area contributed by atoms with Crippen LogP contribution < -0.4 is 10.6 Å². The summed E-state index contributed by atoms with van der Waals surface area (Å²) in [6.07, 6.45) is 0.990. The quantitative estimate of drug-likeness (QED) is 0.778. The van der Waals surface area contributed by atoms with E-state index in [1.165, 1.54) is 0 Å². The zero-order valence-corrected chi connectivity index (χ0v) is 10.6. The van der Waals surface area contributed by atoms with Crippen molar-refractivity contribution >= 4 is 17.3 Å². The van der Waals surface area contributed by atoms with Gasteiger partial charge in [-0.05, 0) is 24.1 Å². The molecular weight excluding hydrogens is 224 g/mol. The van der Waals surface area contributed by atoms with Gasteiger partial charge in [-0.1, -0.05) is 17.7 Å². The first-order chi connectivity index (χ1) is 7.69. The van der Waals surface area contributed by atoms with E-state index in [1.54, 1.807) is 7.11 Å². The van der Waals surface area contributed by atoms with E-state index in [4.69, 9.17) is 22.1 Å². The van der Waals surface area contributed by atoms with Crippen LogP contribution in [0.3, 0.4) is 0 Å². The van der Waals surface area contributed by atoms with Crippen molar-refractivity contribution in [2.24, 2.45) is 5.73 Å². The molecule has 0 bridgehead atoms. The fraction of sp³-hybridized carbons (Fsp3) is 0.500. The Bertz CT molecular complexity index is 331. The van der Waals surface area contributed by atoms with E-state index in [0.29, 0.717) is 6.54 Å². The Morgan fingerprint density at radius 3 is 2.81 bits per heavy atom. The summed E-state index contributed by atoms with van der Waals surface area (Å²) < 4.78 is 5.03. The Labute approximate surface area is 102 Å². The minimum Gasteiger partial charge on any atom is -0.385 e. The van der Waals surface area contributed by atoms with Gasteiger partial charge in [0.1, 0.15) is 0 Å². The van der Waals surface area contributed by atoms with Gasteiger partial charge in [-0.2, -0.15) is 0 Å². The van der Waals surface area contributed by atoms with Crippen molar-refractivity contribution in [3.63, 3.8) is 0 Å². The van der Waals surface area contributed by atoms with Crippen LogP contribution >= 0.6 is 11.6 Å². The first-order valence-electron chi connectivity index (χ1n) is 5.37. The molecular formula is C12H19ClN2O. The van der Waals surface area contributed by atoms with Crippen LogP contribution in [0.4, 0.5) is 5.69 Å². The second-order valence-corrected chi connectivity index (χ2v) is 4.18. The van der Waals surface area contributed by atoms with Crippen LogP contribution in [0.1, 0.15) is 12.0 Å². The van der Waals surface area contributed by atoms with Crippen LogP contribution in [0.25, 0.3) is 0 Å². The summed E-state index contributed by atoms with van der Waals surface area (Å²) in [5, 5.41) is 0.741. The Kier molecular flexibility index (Phi) is 5.60. The number of hydrogen-bond acceptors (Lipinski definition) is 3. The van der Waals surface area contributed by atoms with E-state index in [0.717, 1.165) is 35.8 Å². The third-order valence-electron chi connectivity index (χ3n) is 2.52. The molecule has 0 saturated heterocycles. The maximum atomic E-state index is 5.99. The van der Waals surface area contributed by atoms with Gasteiger partial charge in [-0.25, -0.2) is 0 Å². The predicted octanol–water partition coefficient (Wildman–Crippen LogP) is 2.27. The molecule has 0 fully saturated rings. The summed E-state index contributed by atoms with van der Waals surface area (Å²) in [6, 6.07) is 5.80. The van der Waals surface area contributed by atoms with Crippen LogP contribution in [-0.2, 0) is 11.3 Å². The number of nitrogens with two attached hydrogens (primary N) is 1. The molecule has 3 nitrogen and oxygen atoms in total. The molecule has 1 aromatic rings. The Hall–Kier alpha value is -0.770. The number of hydrogen-bond donors (Lipinski definition) is 1. The molecule has 2 N–H and O–H groups in total. The van der Waals surface area contributed by atoms with Gasteiger partial charge in [0.15, 0.2) is 0 Å². The first kappa shape index (κ1) is 13.3. The van der Waals surface area contributed by atoms with Crippen LogP contribution in [0, 0.1) is 0 Å². The van der Waals surface area contributed by atoms with Crippen molar-refractivity contribution in [1.82, 2.24) is 0 Å². The maximum absolute atomic E-state index is 5.99. The van der Waals surface area contributed by atoms with Crippen LogP contribution in [-0.4, -0.2) is 27.3 Å². The fourth-order valence-corrected chi connectivity index (χ4v) is 1.80. The van der Waals surface area contributed by atoms with Crippen molar-refractivity contribution in [3.8, 4) is 0 Å². The number of nitrogens with zero attached hydrogens (tertiary/aromatic N) is 1. The standard InChI is InChI=1S/C12H19ClN2O/c1-15(6-3-7-16-2)12-8-11(13)5-4-10(12)9-14/h4-5,8H,3,6-7,9,14H2,1-2H3. The molecule has 1 aromatic carbocycles. The van der Waals surface area contributed by atoms with Crippen LogP contribution in [0.5, 0.6) is 0 Å². The highest BCUT2D eigenvalue weighted by atomic mass is 35.5. The van der Waals surface area contributed by atoms with Crippen LogP contribution in [0.2, 0.25) is 5.02 Å². The second kappa shape index (κ2) is 6.74. The molecule has 16 heavy (non-hydrogen) atoms. The highest BCUT2D eigenvalue weighted by Crippen LogP contribution is 2.23. The lowest BCUT2D eigenvalue weighted by atomic mass is 10.1. The molecule has 0 aromatic heterocycles. The lowest BCUT2D eigenvalue weighted by Gasteiger charge is -2.22. The molecule has 0 radical (unpaired) electrons. The zero-order valence-electron chi connectivity index (χ0n) is 9.87. The van der Waals surface area contributed by atoms with Crippen molar-refractivity contribution in [3.05, 3.63) is 28.8 Å². The average Bonchev–Trinajstić information content (AvgIpc) is 2.29. The topological polar surface area (TPSA) is 38.5 Å². The molecule has 0 saturated carbocycles. The minimum absolute atomic E-state index is 0.529. The van der Waals surface area contributed by atoms with Gasteiger partial charge < -0.3 is 15.4 Å². The molecule has 0 heterocycles. The molecule has 0 spiro atoms. The van der Waals surface area contributed by atoms with Gasteiger partial charge in [-0.3, -0.25) is 0 Å². The van der Waals surface area contributed by atoms with Gasteiger partial charge in [0.2, 0.25) is 0 Å². The van der Waals surface area contributed by atoms with Gasteiger partial charge in [0, 0.05) is 44.6 Å². The molecule has 0 aliphatic rings. The third-order valence-corrected chi connectivity index (χ3v) is 2.76. The highest BCUT2D eigenvalue weighted by molar-refractivity contribution is 6.30. The molecule has 90 valence electrons. The van der Waals surface area contributed by atoms with E-state index in [9.17, 15) is 0 Å². The SMILES string of the molecule is COCCCN(C)c1cc(Cl)ccc1CN. The summed E-state index contributed by atoms with van der Waals surface area (Å²) in [6.45, 7) is 2.23. The molecule has 4 heteroatoms. The Morgan fingerprint density at radius 2 is 2.19 bits per heavy atom. The summed E-state index contributed by atoms with van der Waals surface area (Å²) >= 11 is 5.99. The second-order valence-electron chi connectivity index (χ2n) is 3.75. The van der Waals surface area contributed by atoms with Crippen molar-refractivity contribution in [2.75, 3.05) is 32.2 Å². The third kappa shape index (κ3) is 3.67. The monoisotopic (exact) mass is 242 g/mol. The number of halogens is 1. The Balaban J connectivity index is 2.72. The summed E-state index contributed by atoms with van der Waals surface area (Å²) in [7, 11) is 3.76. The summed E-state index contributed by atoms with van der Waals surface area (Å²) in [5.41, 5.74) is 7.92.